The first-order valence-electron chi connectivity index (χ1n) is 6.19. The third kappa shape index (κ3) is 2.58. The first-order chi connectivity index (χ1) is 9.17. The molecule has 0 aliphatic carbocycles. The van der Waals surface area contributed by atoms with E-state index in [4.69, 9.17) is 10.00 Å². The van der Waals surface area contributed by atoms with Crippen molar-refractivity contribution in [2.75, 3.05) is 7.11 Å². The highest BCUT2D eigenvalue weighted by Crippen LogP contribution is 2.34. The molecule has 2 aromatic rings. The lowest BCUT2D eigenvalue weighted by atomic mass is 9.96. The number of benzene rings is 1. The number of pyridine rings is 1. The summed E-state index contributed by atoms with van der Waals surface area (Å²) in [5.41, 5.74) is 3.54. The minimum Gasteiger partial charge on any atom is -0.496 e. The maximum atomic E-state index is 9.16. The van der Waals surface area contributed by atoms with Crippen LogP contribution in [-0.4, -0.2) is 12.1 Å². The lowest BCUT2D eigenvalue weighted by molar-refractivity contribution is 0.415. The van der Waals surface area contributed by atoms with Crippen LogP contribution in [0.4, 0.5) is 0 Å². The van der Waals surface area contributed by atoms with Gasteiger partial charge in [0, 0.05) is 23.5 Å². The average Bonchev–Trinajstić information content (AvgIpc) is 2.46. The van der Waals surface area contributed by atoms with Crippen LogP contribution in [0.5, 0.6) is 5.75 Å². The largest absolute Gasteiger partial charge is 0.496 e. The summed E-state index contributed by atoms with van der Waals surface area (Å²) in [5, 5.41) is 9.16. The number of aromatic nitrogens is 1. The summed E-state index contributed by atoms with van der Waals surface area (Å²) in [5.74, 6) is 1.23. The fraction of sp³-hybridized carbons (Fsp3) is 0.250. The van der Waals surface area contributed by atoms with Gasteiger partial charge in [0.05, 0.1) is 12.7 Å². The number of rotatable bonds is 3. The van der Waals surface area contributed by atoms with Gasteiger partial charge in [0.25, 0.3) is 0 Å². The van der Waals surface area contributed by atoms with E-state index in [1.165, 1.54) is 5.56 Å². The number of hydrogen-bond donors (Lipinski definition) is 0. The molecule has 96 valence electrons. The highest BCUT2D eigenvalue weighted by molar-refractivity contribution is 5.75. The second-order valence-electron chi connectivity index (χ2n) is 4.65. The fourth-order valence-electron chi connectivity index (χ4n) is 2.01. The van der Waals surface area contributed by atoms with E-state index < -0.39 is 0 Å². The predicted octanol–water partition coefficient (Wildman–Crippen LogP) is 3.75. The maximum absolute atomic E-state index is 9.16. The molecule has 1 aromatic heterocycles. The second-order valence-corrected chi connectivity index (χ2v) is 4.65. The zero-order valence-electron chi connectivity index (χ0n) is 11.3. The van der Waals surface area contributed by atoms with Crippen LogP contribution in [0.2, 0.25) is 0 Å². The molecule has 0 saturated heterocycles. The molecule has 0 N–H and O–H groups in total. The summed E-state index contributed by atoms with van der Waals surface area (Å²) >= 11 is 0. The molecule has 1 heterocycles. The van der Waals surface area contributed by atoms with E-state index in [0.29, 0.717) is 11.5 Å². The van der Waals surface area contributed by atoms with Gasteiger partial charge in [-0.05, 0) is 23.6 Å². The Morgan fingerprint density at radius 1 is 1.21 bits per heavy atom. The predicted molar refractivity (Wildman–Crippen MR) is 75.0 cm³/mol. The Labute approximate surface area is 113 Å². The highest BCUT2D eigenvalue weighted by atomic mass is 16.5. The molecule has 0 spiro atoms. The Bertz CT molecular complexity index is 627. The van der Waals surface area contributed by atoms with Crippen molar-refractivity contribution in [1.82, 2.24) is 4.98 Å². The Morgan fingerprint density at radius 2 is 2.00 bits per heavy atom. The molecular formula is C16H16N2O. The summed E-state index contributed by atoms with van der Waals surface area (Å²) in [6.07, 6.45) is 3.26. The van der Waals surface area contributed by atoms with Crippen molar-refractivity contribution in [2.24, 2.45) is 0 Å². The van der Waals surface area contributed by atoms with Gasteiger partial charge in [-0.2, -0.15) is 5.26 Å². The van der Waals surface area contributed by atoms with Gasteiger partial charge in [0.1, 0.15) is 11.8 Å². The molecule has 2 rings (SSSR count). The van der Waals surface area contributed by atoms with Gasteiger partial charge in [0.2, 0.25) is 0 Å². The van der Waals surface area contributed by atoms with Crippen LogP contribution >= 0.6 is 0 Å². The molecule has 0 fully saturated rings. The van der Waals surface area contributed by atoms with Crippen molar-refractivity contribution in [3.63, 3.8) is 0 Å². The summed E-state index contributed by atoms with van der Waals surface area (Å²) < 4.78 is 5.46. The number of ether oxygens (including phenoxy) is 1. The van der Waals surface area contributed by atoms with E-state index in [0.717, 1.165) is 16.9 Å². The summed E-state index contributed by atoms with van der Waals surface area (Å²) in [6, 6.07) is 10.1. The van der Waals surface area contributed by atoms with Gasteiger partial charge in [-0.15, -0.1) is 0 Å². The molecule has 3 heteroatoms. The lowest BCUT2D eigenvalue weighted by Crippen LogP contribution is -1.94. The van der Waals surface area contributed by atoms with Crippen LogP contribution in [0.3, 0.4) is 0 Å². The van der Waals surface area contributed by atoms with Gasteiger partial charge in [-0.3, -0.25) is 4.98 Å². The standard InChI is InChI=1S/C16H16N2O/c1-11(2)12-4-5-15(16(8-12)19-3)14-6-7-18-10-13(14)9-17/h4-8,10-11H,1-3H3. The summed E-state index contributed by atoms with van der Waals surface area (Å²) in [4.78, 5) is 3.98. The molecule has 0 bridgehead atoms. The molecule has 0 amide bonds. The molecule has 0 atom stereocenters. The van der Waals surface area contributed by atoms with Gasteiger partial charge in [-0.1, -0.05) is 26.0 Å². The van der Waals surface area contributed by atoms with Crippen molar-refractivity contribution >= 4 is 0 Å². The van der Waals surface area contributed by atoms with Crippen LogP contribution in [-0.2, 0) is 0 Å². The number of nitrogens with zero attached hydrogens (tertiary/aromatic N) is 2. The smallest absolute Gasteiger partial charge is 0.127 e. The monoisotopic (exact) mass is 252 g/mol. The van der Waals surface area contributed by atoms with E-state index in [-0.39, 0.29) is 0 Å². The van der Waals surface area contributed by atoms with Gasteiger partial charge in [-0.25, -0.2) is 0 Å². The number of hydrogen-bond acceptors (Lipinski definition) is 3. The molecular weight excluding hydrogens is 236 g/mol. The fourth-order valence-corrected chi connectivity index (χ4v) is 2.01. The molecule has 0 unspecified atom stereocenters. The second kappa shape index (κ2) is 5.53. The summed E-state index contributed by atoms with van der Waals surface area (Å²) in [7, 11) is 1.65. The minimum atomic E-state index is 0.441. The molecule has 19 heavy (non-hydrogen) atoms. The van der Waals surface area contributed by atoms with E-state index >= 15 is 0 Å². The van der Waals surface area contributed by atoms with Crippen molar-refractivity contribution in [3.05, 3.63) is 47.8 Å². The Hall–Kier alpha value is -2.34. The maximum Gasteiger partial charge on any atom is 0.127 e. The van der Waals surface area contributed by atoms with Crippen LogP contribution in [0.15, 0.2) is 36.7 Å². The molecule has 0 saturated carbocycles. The Morgan fingerprint density at radius 3 is 2.63 bits per heavy atom. The normalized spacial score (nSPS) is 10.3. The Balaban J connectivity index is 2.60. The van der Waals surface area contributed by atoms with E-state index in [9.17, 15) is 0 Å². The number of nitriles is 1. The Kier molecular flexibility index (Phi) is 3.82. The molecule has 0 radical (unpaired) electrons. The van der Waals surface area contributed by atoms with E-state index in [1.807, 2.05) is 18.2 Å². The van der Waals surface area contributed by atoms with Crippen LogP contribution in [0.1, 0.15) is 30.9 Å². The SMILES string of the molecule is COc1cc(C(C)C)ccc1-c1ccncc1C#N. The zero-order chi connectivity index (χ0) is 13.8. The van der Waals surface area contributed by atoms with Crippen molar-refractivity contribution in [1.29, 1.82) is 5.26 Å². The highest BCUT2D eigenvalue weighted by Gasteiger charge is 2.12. The van der Waals surface area contributed by atoms with E-state index in [2.05, 4.69) is 31.0 Å². The third-order valence-corrected chi connectivity index (χ3v) is 3.12. The average molecular weight is 252 g/mol. The summed E-state index contributed by atoms with van der Waals surface area (Å²) in [6.45, 7) is 4.28. The van der Waals surface area contributed by atoms with E-state index in [1.54, 1.807) is 19.5 Å². The van der Waals surface area contributed by atoms with Crippen LogP contribution in [0, 0.1) is 11.3 Å². The first-order valence-corrected chi connectivity index (χ1v) is 6.19. The van der Waals surface area contributed by atoms with Crippen molar-refractivity contribution < 1.29 is 4.74 Å². The van der Waals surface area contributed by atoms with Crippen LogP contribution in [0.25, 0.3) is 11.1 Å². The molecule has 0 aliphatic rings. The molecule has 3 nitrogen and oxygen atoms in total. The molecule has 1 aromatic carbocycles. The van der Waals surface area contributed by atoms with Gasteiger partial charge in [0.15, 0.2) is 0 Å². The minimum absolute atomic E-state index is 0.441. The quantitative estimate of drug-likeness (QED) is 0.835. The van der Waals surface area contributed by atoms with Crippen LogP contribution < -0.4 is 4.74 Å². The van der Waals surface area contributed by atoms with Crippen molar-refractivity contribution in [2.45, 2.75) is 19.8 Å². The zero-order valence-corrected chi connectivity index (χ0v) is 11.3. The van der Waals surface area contributed by atoms with Gasteiger partial charge < -0.3 is 4.74 Å². The topological polar surface area (TPSA) is 45.9 Å². The number of methoxy groups -OCH3 is 1. The molecule has 0 aliphatic heterocycles. The van der Waals surface area contributed by atoms with Crippen molar-refractivity contribution in [3.8, 4) is 22.9 Å². The lowest BCUT2D eigenvalue weighted by Gasteiger charge is -2.13. The first kappa shape index (κ1) is 13.1. The third-order valence-electron chi connectivity index (χ3n) is 3.12. The van der Waals surface area contributed by atoms with Gasteiger partial charge >= 0.3 is 0 Å².